The fourth-order valence-corrected chi connectivity index (χ4v) is 3.93. The Labute approximate surface area is 170 Å². The molecule has 1 saturated heterocycles. The van der Waals surface area contributed by atoms with Crippen LogP contribution in [-0.4, -0.2) is 41.7 Å². The maximum atomic E-state index is 12.6. The van der Waals surface area contributed by atoms with Gasteiger partial charge in [-0.05, 0) is 52.0 Å². The van der Waals surface area contributed by atoms with Crippen molar-refractivity contribution in [2.24, 2.45) is 5.41 Å². The molecule has 1 aromatic rings. The molecular weight excluding hydrogens is 354 g/mol. The summed E-state index contributed by atoms with van der Waals surface area (Å²) in [6.45, 7) is 17.0. The van der Waals surface area contributed by atoms with Gasteiger partial charge >= 0.3 is 0 Å². The van der Waals surface area contributed by atoms with E-state index >= 15 is 0 Å². The van der Waals surface area contributed by atoms with E-state index in [0.717, 1.165) is 31.4 Å². The third-order valence-electron chi connectivity index (χ3n) is 5.42. The summed E-state index contributed by atoms with van der Waals surface area (Å²) in [5.41, 5.74) is 1.43. The van der Waals surface area contributed by atoms with Crippen LogP contribution < -0.4 is 5.32 Å². The lowest BCUT2D eigenvalue weighted by Crippen LogP contribution is -2.34. The monoisotopic (exact) mass is 393 g/mol. The average molecular weight is 394 g/mol. The average Bonchev–Trinajstić information content (AvgIpc) is 3.27. The molecule has 1 fully saturated rings. The number of amides is 1. The third kappa shape index (κ3) is 5.57. The zero-order valence-electron chi connectivity index (χ0n) is 18.8. The van der Waals surface area contributed by atoms with Gasteiger partial charge in [-0.1, -0.05) is 34.1 Å². The Balaban J connectivity index is 1.93. The van der Waals surface area contributed by atoms with Crippen LogP contribution in [0, 0.1) is 5.41 Å². The van der Waals surface area contributed by atoms with Crippen LogP contribution in [0.2, 0.25) is 0 Å². The van der Waals surface area contributed by atoms with Crippen molar-refractivity contribution in [3.63, 3.8) is 0 Å². The Hall–Kier alpha value is -1.40. The largest absolute Gasteiger partial charge is 0.351 e. The van der Waals surface area contributed by atoms with Gasteiger partial charge in [0.1, 0.15) is 5.69 Å². The van der Waals surface area contributed by atoms with Crippen LogP contribution in [0.3, 0.4) is 0 Å². The molecule has 1 aliphatic rings. The second kappa shape index (κ2) is 9.40. The highest BCUT2D eigenvalue weighted by atomic mass is 16.7. The molecule has 1 amide bonds. The van der Waals surface area contributed by atoms with E-state index in [-0.39, 0.29) is 23.2 Å². The number of rotatable bonds is 9. The predicted molar refractivity (Wildman–Crippen MR) is 112 cm³/mol. The Morgan fingerprint density at radius 2 is 1.89 bits per heavy atom. The molecule has 28 heavy (non-hydrogen) atoms. The number of carbonyl (C=O) groups is 1. The van der Waals surface area contributed by atoms with Crippen molar-refractivity contribution in [3.05, 3.63) is 17.5 Å². The third-order valence-corrected chi connectivity index (χ3v) is 5.42. The van der Waals surface area contributed by atoms with Gasteiger partial charge < -0.3 is 14.8 Å². The highest BCUT2D eigenvalue weighted by Gasteiger charge is 2.37. The van der Waals surface area contributed by atoms with Gasteiger partial charge in [-0.2, -0.15) is 5.10 Å². The molecule has 0 aromatic carbocycles. The molecule has 0 aliphatic carbocycles. The molecule has 1 N–H and O–H groups in total. The Kier molecular flexibility index (Phi) is 7.68. The van der Waals surface area contributed by atoms with Crippen LogP contribution in [0.4, 0.5) is 0 Å². The molecule has 6 heteroatoms. The first-order valence-corrected chi connectivity index (χ1v) is 10.7. The van der Waals surface area contributed by atoms with Crippen molar-refractivity contribution < 1.29 is 14.3 Å². The van der Waals surface area contributed by atoms with Crippen LogP contribution in [0.5, 0.6) is 0 Å². The van der Waals surface area contributed by atoms with Gasteiger partial charge in [0.15, 0.2) is 6.29 Å². The van der Waals surface area contributed by atoms with Crippen LogP contribution in [-0.2, 0) is 15.0 Å². The molecule has 1 atom stereocenters. The molecule has 6 nitrogen and oxygen atoms in total. The van der Waals surface area contributed by atoms with E-state index in [4.69, 9.17) is 9.47 Å². The van der Waals surface area contributed by atoms with E-state index in [1.807, 2.05) is 10.7 Å². The van der Waals surface area contributed by atoms with Crippen LogP contribution >= 0.6 is 0 Å². The molecule has 2 heterocycles. The van der Waals surface area contributed by atoms with E-state index in [1.165, 1.54) is 0 Å². The van der Waals surface area contributed by atoms with Gasteiger partial charge in [0.2, 0.25) is 0 Å². The Bertz CT molecular complexity index is 642. The number of hydrogen-bond donors (Lipinski definition) is 1. The Morgan fingerprint density at radius 1 is 1.25 bits per heavy atom. The predicted octanol–water partition coefficient (Wildman–Crippen LogP) is 4.45. The van der Waals surface area contributed by atoms with Crippen LogP contribution in [0.1, 0.15) is 96.2 Å². The zero-order valence-corrected chi connectivity index (χ0v) is 18.8. The van der Waals surface area contributed by atoms with E-state index in [1.54, 1.807) is 0 Å². The number of nitrogens with zero attached hydrogens (tertiary/aromatic N) is 2. The summed E-state index contributed by atoms with van der Waals surface area (Å²) in [4.78, 5) is 12.6. The number of nitrogens with one attached hydrogen (secondary N) is 1. The van der Waals surface area contributed by atoms with Gasteiger partial charge in [-0.15, -0.1) is 0 Å². The second-order valence-electron chi connectivity index (χ2n) is 9.53. The topological polar surface area (TPSA) is 65.4 Å². The van der Waals surface area contributed by atoms with E-state index in [2.05, 4.69) is 58.9 Å². The molecule has 1 aromatic heterocycles. The van der Waals surface area contributed by atoms with E-state index < -0.39 is 0 Å². The molecule has 1 aliphatic heterocycles. The van der Waals surface area contributed by atoms with Crippen molar-refractivity contribution >= 4 is 5.91 Å². The first kappa shape index (κ1) is 22.9. The summed E-state index contributed by atoms with van der Waals surface area (Å²) < 4.78 is 13.5. The fourth-order valence-electron chi connectivity index (χ4n) is 3.93. The molecule has 0 spiro atoms. The van der Waals surface area contributed by atoms with E-state index in [0.29, 0.717) is 31.4 Å². The van der Waals surface area contributed by atoms with Crippen molar-refractivity contribution in [2.45, 2.75) is 91.9 Å². The van der Waals surface area contributed by atoms with Gasteiger partial charge in [-0.3, -0.25) is 9.48 Å². The number of hydrogen-bond acceptors (Lipinski definition) is 4. The quantitative estimate of drug-likeness (QED) is 0.630. The standard InChI is InChI=1S/C22H39N3O3/c1-8-10-22(7,20-27-13-14-28-20)11-9-12-23-19(26)17-15-18(16(2)3)25(24-17)21(4,5)6/h15-16,20H,8-14H2,1-7H3,(H,23,26). The minimum absolute atomic E-state index is 0.00535. The van der Waals surface area contributed by atoms with Crippen molar-refractivity contribution in [2.75, 3.05) is 19.8 Å². The molecule has 0 radical (unpaired) electrons. The van der Waals surface area contributed by atoms with Gasteiger partial charge in [0, 0.05) is 17.7 Å². The first-order valence-electron chi connectivity index (χ1n) is 10.7. The second-order valence-corrected chi connectivity index (χ2v) is 9.53. The number of ether oxygens (including phenoxy) is 2. The van der Waals surface area contributed by atoms with Crippen molar-refractivity contribution in [3.8, 4) is 0 Å². The minimum atomic E-state index is -0.151. The lowest BCUT2D eigenvalue weighted by Gasteiger charge is -2.33. The minimum Gasteiger partial charge on any atom is -0.351 e. The van der Waals surface area contributed by atoms with Gasteiger partial charge in [0.25, 0.3) is 5.91 Å². The van der Waals surface area contributed by atoms with E-state index in [9.17, 15) is 4.79 Å². The van der Waals surface area contributed by atoms with Gasteiger partial charge in [0.05, 0.1) is 18.8 Å². The smallest absolute Gasteiger partial charge is 0.271 e. The molecular formula is C22H39N3O3. The first-order chi connectivity index (χ1) is 13.1. The summed E-state index contributed by atoms with van der Waals surface area (Å²) in [6, 6.07) is 1.92. The molecule has 1 unspecified atom stereocenters. The Morgan fingerprint density at radius 3 is 2.39 bits per heavy atom. The van der Waals surface area contributed by atoms with Crippen molar-refractivity contribution in [1.82, 2.24) is 15.1 Å². The lowest BCUT2D eigenvalue weighted by molar-refractivity contribution is -0.133. The maximum absolute atomic E-state index is 12.6. The highest BCUT2D eigenvalue weighted by molar-refractivity contribution is 5.92. The molecule has 160 valence electrons. The molecule has 0 saturated carbocycles. The number of aromatic nitrogens is 2. The van der Waals surface area contributed by atoms with Gasteiger partial charge in [-0.25, -0.2) is 0 Å². The summed E-state index contributed by atoms with van der Waals surface area (Å²) in [6.07, 6.45) is 3.87. The summed E-state index contributed by atoms with van der Waals surface area (Å²) in [7, 11) is 0. The highest BCUT2D eigenvalue weighted by Crippen LogP contribution is 2.37. The lowest BCUT2D eigenvalue weighted by atomic mass is 9.80. The zero-order chi connectivity index (χ0) is 20.9. The fraction of sp³-hybridized carbons (Fsp3) is 0.818. The van der Waals surface area contributed by atoms with Crippen molar-refractivity contribution in [1.29, 1.82) is 0 Å². The number of carbonyl (C=O) groups excluding carboxylic acids is 1. The maximum Gasteiger partial charge on any atom is 0.271 e. The van der Waals surface area contributed by atoms with Crippen LogP contribution in [0.15, 0.2) is 6.07 Å². The normalized spacial score (nSPS) is 17.9. The summed E-state index contributed by atoms with van der Waals surface area (Å²) in [5, 5.41) is 7.63. The molecule has 2 rings (SSSR count). The molecule has 0 bridgehead atoms. The SMILES string of the molecule is CCCC(C)(CCCNC(=O)c1cc(C(C)C)n(C(C)(C)C)n1)C1OCCO1. The summed E-state index contributed by atoms with van der Waals surface area (Å²) >= 11 is 0. The summed E-state index contributed by atoms with van der Waals surface area (Å²) in [5.74, 6) is 0.213. The van der Waals surface area contributed by atoms with Crippen LogP contribution in [0.25, 0.3) is 0 Å².